The maximum Gasteiger partial charge on any atom is 0.276 e. The van der Waals surface area contributed by atoms with Crippen molar-refractivity contribution < 1.29 is 0 Å². The number of hydrogen-bond donors (Lipinski definition) is 2. The Hall–Kier alpha value is -2.70. The van der Waals surface area contributed by atoms with Crippen LogP contribution < -0.4 is 5.56 Å². The van der Waals surface area contributed by atoms with E-state index < -0.39 is 0 Å². The Morgan fingerprint density at radius 2 is 1.88 bits per heavy atom. The molecule has 3 heterocycles. The lowest BCUT2D eigenvalue weighted by Gasteiger charge is -2.06. The molecule has 0 fully saturated rings. The highest BCUT2D eigenvalue weighted by Gasteiger charge is 2.15. The maximum atomic E-state index is 12.4. The largest absolute Gasteiger partial charge is 0.308 e. The molecule has 1 aromatic carbocycles. The zero-order valence-electron chi connectivity index (χ0n) is 12.8. The Morgan fingerprint density at radius 3 is 2.60 bits per heavy atom. The van der Waals surface area contributed by atoms with E-state index in [9.17, 15) is 4.79 Å². The summed E-state index contributed by atoms with van der Waals surface area (Å²) in [6, 6.07) is 8.92. The van der Waals surface area contributed by atoms with Crippen molar-refractivity contribution in [2.75, 3.05) is 0 Å². The van der Waals surface area contributed by atoms with Crippen LogP contribution in [0.15, 0.2) is 47.5 Å². The van der Waals surface area contributed by atoms with Crippen molar-refractivity contribution in [3.8, 4) is 11.3 Å². The summed E-state index contributed by atoms with van der Waals surface area (Å²) in [6.07, 6.45) is 3.65. The van der Waals surface area contributed by atoms with Crippen molar-refractivity contribution >= 4 is 34.2 Å². The molecular formula is C17H11Cl2N5O. The van der Waals surface area contributed by atoms with Gasteiger partial charge in [-0.2, -0.15) is 5.10 Å². The van der Waals surface area contributed by atoms with E-state index in [0.29, 0.717) is 44.6 Å². The Labute approximate surface area is 151 Å². The second-order valence-electron chi connectivity index (χ2n) is 5.43. The Kier molecular flexibility index (Phi) is 3.99. The van der Waals surface area contributed by atoms with E-state index in [-0.39, 0.29) is 5.56 Å². The van der Waals surface area contributed by atoms with Gasteiger partial charge >= 0.3 is 0 Å². The van der Waals surface area contributed by atoms with Crippen LogP contribution in [0, 0.1) is 0 Å². The summed E-state index contributed by atoms with van der Waals surface area (Å²) in [5.41, 5.74) is 2.54. The fourth-order valence-electron chi connectivity index (χ4n) is 2.62. The summed E-state index contributed by atoms with van der Waals surface area (Å²) in [4.78, 5) is 23.7. The molecular weight excluding hydrogens is 361 g/mol. The van der Waals surface area contributed by atoms with Gasteiger partial charge in [-0.1, -0.05) is 29.3 Å². The van der Waals surface area contributed by atoms with Gasteiger partial charge in [0.25, 0.3) is 5.56 Å². The van der Waals surface area contributed by atoms with Crippen LogP contribution in [0.5, 0.6) is 0 Å². The fraction of sp³-hybridized carbons (Fsp3) is 0.0588. The van der Waals surface area contributed by atoms with Crippen LogP contribution in [-0.2, 0) is 6.42 Å². The van der Waals surface area contributed by atoms with E-state index >= 15 is 0 Å². The number of aromatic amines is 2. The van der Waals surface area contributed by atoms with E-state index in [2.05, 4.69) is 25.1 Å². The average Bonchev–Trinajstić information content (AvgIpc) is 3.04. The average molecular weight is 372 g/mol. The molecule has 124 valence electrons. The summed E-state index contributed by atoms with van der Waals surface area (Å²) in [5.74, 6) is 0.457. The van der Waals surface area contributed by atoms with Gasteiger partial charge in [0, 0.05) is 34.4 Å². The van der Waals surface area contributed by atoms with Crippen molar-refractivity contribution in [2.24, 2.45) is 0 Å². The number of rotatable bonds is 3. The van der Waals surface area contributed by atoms with Crippen LogP contribution >= 0.6 is 23.2 Å². The van der Waals surface area contributed by atoms with Crippen molar-refractivity contribution in [3.63, 3.8) is 0 Å². The van der Waals surface area contributed by atoms with Crippen molar-refractivity contribution in [2.45, 2.75) is 6.42 Å². The lowest BCUT2D eigenvalue weighted by atomic mass is 10.1. The number of nitrogens with one attached hydrogen (secondary N) is 2. The number of nitrogens with zero attached hydrogens (tertiary/aromatic N) is 3. The SMILES string of the molecule is O=c1[nH]c(Cc2c(Cl)cccc2Cl)nc2c(-c3cccnc3)n[nH]c12. The number of aromatic nitrogens is 5. The quantitative estimate of drug-likeness (QED) is 0.575. The molecule has 8 heteroatoms. The Balaban J connectivity index is 1.85. The van der Waals surface area contributed by atoms with Crippen molar-refractivity contribution in [1.29, 1.82) is 0 Å². The minimum Gasteiger partial charge on any atom is -0.308 e. The Morgan fingerprint density at radius 1 is 1.08 bits per heavy atom. The molecule has 0 unspecified atom stereocenters. The number of benzene rings is 1. The van der Waals surface area contributed by atoms with Crippen molar-refractivity contribution in [3.05, 3.63) is 74.5 Å². The van der Waals surface area contributed by atoms with Crippen LogP contribution in [0.3, 0.4) is 0 Å². The molecule has 0 bridgehead atoms. The topological polar surface area (TPSA) is 87.3 Å². The number of hydrogen-bond acceptors (Lipinski definition) is 4. The minimum absolute atomic E-state index is 0.300. The standard InChI is InChI=1S/C17H11Cl2N5O/c18-11-4-1-5-12(19)10(11)7-13-21-15-14(9-3-2-6-20-8-9)23-24-16(15)17(25)22-13/h1-6,8H,7H2,(H,23,24)(H,21,22,25). The van der Waals surface area contributed by atoms with Gasteiger partial charge in [0.15, 0.2) is 0 Å². The van der Waals surface area contributed by atoms with Gasteiger partial charge in [0.2, 0.25) is 0 Å². The van der Waals surface area contributed by atoms with Crippen LogP contribution in [0.1, 0.15) is 11.4 Å². The normalized spacial score (nSPS) is 11.1. The third-order valence-corrected chi connectivity index (χ3v) is 4.52. The van der Waals surface area contributed by atoms with Gasteiger partial charge in [-0.05, 0) is 29.8 Å². The molecule has 4 rings (SSSR count). The van der Waals surface area contributed by atoms with E-state index in [4.69, 9.17) is 23.2 Å². The zero-order chi connectivity index (χ0) is 17.4. The zero-order valence-corrected chi connectivity index (χ0v) is 14.3. The highest BCUT2D eigenvalue weighted by Crippen LogP contribution is 2.27. The summed E-state index contributed by atoms with van der Waals surface area (Å²) in [6.45, 7) is 0. The van der Waals surface area contributed by atoms with Gasteiger partial charge < -0.3 is 4.98 Å². The summed E-state index contributed by atoms with van der Waals surface area (Å²) >= 11 is 12.4. The molecule has 0 saturated carbocycles. The molecule has 3 aromatic heterocycles. The van der Waals surface area contributed by atoms with E-state index in [1.54, 1.807) is 36.7 Å². The number of pyridine rings is 1. The molecule has 0 aliphatic heterocycles. The number of halogens is 2. The summed E-state index contributed by atoms with van der Waals surface area (Å²) < 4.78 is 0. The second-order valence-corrected chi connectivity index (χ2v) is 6.24. The Bertz CT molecular complexity index is 1100. The highest BCUT2D eigenvalue weighted by molar-refractivity contribution is 6.36. The van der Waals surface area contributed by atoms with Crippen molar-refractivity contribution in [1.82, 2.24) is 25.1 Å². The maximum absolute atomic E-state index is 12.4. The molecule has 6 nitrogen and oxygen atoms in total. The third-order valence-electron chi connectivity index (χ3n) is 3.81. The molecule has 0 amide bonds. The lowest BCUT2D eigenvalue weighted by molar-refractivity contribution is 0.970. The number of fused-ring (bicyclic) bond motifs is 1. The molecule has 2 N–H and O–H groups in total. The van der Waals surface area contributed by atoms with Gasteiger partial charge in [-0.3, -0.25) is 14.9 Å². The first-order valence-corrected chi connectivity index (χ1v) is 8.19. The third kappa shape index (κ3) is 2.90. The van der Waals surface area contributed by atoms with Gasteiger partial charge in [-0.15, -0.1) is 0 Å². The van der Waals surface area contributed by atoms with Gasteiger partial charge in [0.05, 0.1) is 0 Å². The fourth-order valence-corrected chi connectivity index (χ4v) is 3.15. The first-order chi connectivity index (χ1) is 12.1. The summed E-state index contributed by atoms with van der Waals surface area (Å²) in [5, 5.41) is 7.99. The lowest BCUT2D eigenvalue weighted by Crippen LogP contribution is -2.12. The summed E-state index contributed by atoms with van der Waals surface area (Å²) in [7, 11) is 0. The smallest absolute Gasteiger partial charge is 0.276 e. The van der Waals surface area contributed by atoms with Gasteiger partial charge in [-0.25, -0.2) is 4.98 Å². The molecule has 0 radical (unpaired) electrons. The molecule has 0 aliphatic rings. The van der Waals surface area contributed by atoms with E-state index in [0.717, 1.165) is 5.56 Å². The number of H-pyrrole nitrogens is 2. The second kappa shape index (κ2) is 6.31. The predicted octanol–water partition coefficient (Wildman–Crippen LogP) is 3.61. The monoisotopic (exact) mass is 371 g/mol. The first kappa shape index (κ1) is 15.8. The minimum atomic E-state index is -0.300. The van der Waals surface area contributed by atoms with Crippen LogP contribution in [0.4, 0.5) is 0 Å². The molecule has 0 spiro atoms. The van der Waals surface area contributed by atoms with E-state index in [1.165, 1.54) is 0 Å². The van der Waals surface area contributed by atoms with Crippen LogP contribution in [0.2, 0.25) is 10.0 Å². The predicted molar refractivity (Wildman–Crippen MR) is 97.0 cm³/mol. The molecule has 0 saturated heterocycles. The molecule has 0 atom stereocenters. The van der Waals surface area contributed by atoms with Crippen LogP contribution in [0.25, 0.3) is 22.3 Å². The first-order valence-electron chi connectivity index (χ1n) is 7.44. The van der Waals surface area contributed by atoms with Crippen LogP contribution in [-0.4, -0.2) is 25.1 Å². The highest BCUT2D eigenvalue weighted by atomic mass is 35.5. The molecule has 0 aliphatic carbocycles. The van der Waals surface area contributed by atoms with Gasteiger partial charge in [0.1, 0.15) is 22.6 Å². The van der Waals surface area contributed by atoms with E-state index in [1.807, 2.05) is 6.07 Å². The molecule has 4 aromatic rings. The molecule has 25 heavy (non-hydrogen) atoms.